The highest BCUT2D eigenvalue weighted by Crippen LogP contribution is 2.04. The Bertz CT molecular complexity index is 311. The Morgan fingerprint density at radius 1 is 1.39 bits per heavy atom. The van der Waals surface area contributed by atoms with Gasteiger partial charge in [0.15, 0.2) is 0 Å². The number of carboxylic acid groups (broad SMARTS) is 1. The topological polar surface area (TPSA) is 84.9 Å². The van der Waals surface area contributed by atoms with Crippen LogP contribution in [0.1, 0.15) is 6.92 Å². The molecule has 1 fully saturated rings. The number of rotatable bonds is 4. The molecular formula is C11H22N4O3. The summed E-state index contributed by atoms with van der Waals surface area (Å²) in [5.74, 6) is -1.04. The lowest BCUT2D eigenvalue weighted by Gasteiger charge is -2.37. The van der Waals surface area contributed by atoms with Crippen molar-refractivity contribution in [3.63, 3.8) is 0 Å². The molecule has 0 aliphatic carbocycles. The number of aliphatic carboxylic acids is 1. The summed E-state index contributed by atoms with van der Waals surface area (Å²) in [4.78, 5) is 26.5. The van der Waals surface area contributed by atoms with Gasteiger partial charge in [-0.3, -0.25) is 9.69 Å². The van der Waals surface area contributed by atoms with Crippen LogP contribution in [0.4, 0.5) is 4.79 Å². The van der Waals surface area contributed by atoms with Crippen molar-refractivity contribution in [3.05, 3.63) is 0 Å². The molecule has 2 unspecified atom stereocenters. The van der Waals surface area contributed by atoms with Gasteiger partial charge < -0.3 is 20.6 Å². The van der Waals surface area contributed by atoms with Crippen molar-refractivity contribution in [2.75, 3.05) is 40.3 Å². The summed E-state index contributed by atoms with van der Waals surface area (Å²) >= 11 is 0. The van der Waals surface area contributed by atoms with E-state index >= 15 is 0 Å². The van der Waals surface area contributed by atoms with Gasteiger partial charge in [-0.15, -0.1) is 0 Å². The SMILES string of the molecule is CC(NC(=O)NCC1CN(C)CCN1C)C(=O)O. The number of amides is 2. The number of hydrogen-bond donors (Lipinski definition) is 3. The number of urea groups is 1. The van der Waals surface area contributed by atoms with E-state index in [1.807, 2.05) is 14.1 Å². The van der Waals surface area contributed by atoms with Crippen LogP contribution < -0.4 is 10.6 Å². The highest BCUT2D eigenvalue weighted by atomic mass is 16.4. The highest BCUT2D eigenvalue weighted by Gasteiger charge is 2.22. The Morgan fingerprint density at radius 3 is 2.67 bits per heavy atom. The van der Waals surface area contributed by atoms with E-state index in [0.29, 0.717) is 6.54 Å². The molecule has 0 aromatic rings. The quantitative estimate of drug-likeness (QED) is 0.602. The van der Waals surface area contributed by atoms with Gasteiger partial charge in [-0.1, -0.05) is 0 Å². The Kier molecular flexibility index (Phi) is 5.36. The fourth-order valence-corrected chi connectivity index (χ4v) is 1.84. The number of nitrogens with one attached hydrogen (secondary N) is 2. The van der Waals surface area contributed by atoms with Gasteiger partial charge in [0.05, 0.1) is 0 Å². The van der Waals surface area contributed by atoms with Gasteiger partial charge in [0.2, 0.25) is 0 Å². The summed E-state index contributed by atoms with van der Waals surface area (Å²) < 4.78 is 0. The second-order valence-electron chi connectivity index (χ2n) is 4.81. The van der Waals surface area contributed by atoms with E-state index in [2.05, 4.69) is 20.4 Å². The van der Waals surface area contributed by atoms with Crippen molar-refractivity contribution >= 4 is 12.0 Å². The molecule has 2 atom stereocenters. The zero-order chi connectivity index (χ0) is 13.7. The molecule has 1 saturated heterocycles. The molecule has 0 aromatic heterocycles. The normalized spacial score (nSPS) is 23.4. The lowest BCUT2D eigenvalue weighted by atomic mass is 10.2. The number of carbonyl (C=O) groups excluding carboxylic acids is 1. The molecule has 104 valence electrons. The van der Waals surface area contributed by atoms with Crippen LogP contribution in [0.15, 0.2) is 0 Å². The number of piperazine rings is 1. The molecule has 0 radical (unpaired) electrons. The van der Waals surface area contributed by atoms with Crippen LogP contribution in [0.2, 0.25) is 0 Å². The molecule has 1 rings (SSSR count). The van der Waals surface area contributed by atoms with Crippen LogP contribution in [-0.2, 0) is 4.79 Å². The van der Waals surface area contributed by atoms with E-state index in [4.69, 9.17) is 5.11 Å². The summed E-state index contributed by atoms with van der Waals surface area (Å²) in [6, 6.07) is -1.06. The van der Waals surface area contributed by atoms with Crippen molar-refractivity contribution in [2.24, 2.45) is 0 Å². The Morgan fingerprint density at radius 2 is 2.06 bits per heavy atom. The zero-order valence-corrected chi connectivity index (χ0v) is 11.1. The number of carbonyl (C=O) groups is 2. The van der Waals surface area contributed by atoms with E-state index in [1.165, 1.54) is 6.92 Å². The molecule has 1 heterocycles. The molecule has 0 bridgehead atoms. The first kappa shape index (κ1) is 14.7. The number of carboxylic acids is 1. The van der Waals surface area contributed by atoms with E-state index < -0.39 is 18.0 Å². The second kappa shape index (κ2) is 6.55. The Balaban J connectivity index is 2.31. The van der Waals surface area contributed by atoms with Gasteiger partial charge in [0.25, 0.3) is 0 Å². The number of nitrogens with zero attached hydrogens (tertiary/aromatic N) is 2. The second-order valence-corrected chi connectivity index (χ2v) is 4.81. The van der Waals surface area contributed by atoms with Crippen molar-refractivity contribution in [1.82, 2.24) is 20.4 Å². The maximum atomic E-state index is 11.5. The van der Waals surface area contributed by atoms with Gasteiger partial charge in [-0.05, 0) is 21.0 Å². The fourth-order valence-electron chi connectivity index (χ4n) is 1.84. The van der Waals surface area contributed by atoms with E-state index in [0.717, 1.165) is 19.6 Å². The van der Waals surface area contributed by atoms with Crippen molar-refractivity contribution < 1.29 is 14.7 Å². The third kappa shape index (κ3) is 4.50. The van der Waals surface area contributed by atoms with Crippen LogP contribution in [0.5, 0.6) is 0 Å². The molecule has 1 aliphatic rings. The number of likely N-dealkylation sites (N-methyl/N-ethyl adjacent to an activating group) is 2. The molecule has 2 amide bonds. The molecule has 0 aromatic carbocycles. The molecule has 7 heteroatoms. The first-order valence-corrected chi connectivity index (χ1v) is 6.06. The standard InChI is InChI=1S/C11H22N4O3/c1-8(10(16)17)13-11(18)12-6-9-7-14(2)4-5-15(9)3/h8-9H,4-7H2,1-3H3,(H,16,17)(H2,12,13,18). The minimum Gasteiger partial charge on any atom is -0.480 e. The molecule has 0 saturated carbocycles. The molecule has 1 aliphatic heterocycles. The molecule has 3 N–H and O–H groups in total. The smallest absolute Gasteiger partial charge is 0.325 e. The Labute approximate surface area is 107 Å². The van der Waals surface area contributed by atoms with Crippen molar-refractivity contribution in [3.8, 4) is 0 Å². The lowest BCUT2D eigenvalue weighted by molar-refractivity contribution is -0.138. The monoisotopic (exact) mass is 258 g/mol. The molecule has 0 spiro atoms. The van der Waals surface area contributed by atoms with Crippen LogP contribution in [0.25, 0.3) is 0 Å². The van der Waals surface area contributed by atoms with Crippen LogP contribution in [0.3, 0.4) is 0 Å². The lowest BCUT2D eigenvalue weighted by Crippen LogP contribution is -2.55. The van der Waals surface area contributed by atoms with Crippen LogP contribution in [0, 0.1) is 0 Å². The summed E-state index contributed by atoms with van der Waals surface area (Å²) in [7, 11) is 4.07. The van der Waals surface area contributed by atoms with Gasteiger partial charge in [-0.2, -0.15) is 0 Å². The van der Waals surface area contributed by atoms with Gasteiger partial charge in [0, 0.05) is 32.2 Å². The van der Waals surface area contributed by atoms with Gasteiger partial charge in [0.1, 0.15) is 6.04 Å². The minimum absolute atomic E-state index is 0.259. The molecule has 18 heavy (non-hydrogen) atoms. The van der Waals surface area contributed by atoms with Crippen LogP contribution in [-0.4, -0.2) is 79.3 Å². The summed E-state index contributed by atoms with van der Waals surface area (Å²) in [5.41, 5.74) is 0. The largest absolute Gasteiger partial charge is 0.480 e. The summed E-state index contributed by atoms with van der Waals surface area (Å²) in [6.45, 7) is 4.83. The maximum Gasteiger partial charge on any atom is 0.325 e. The van der Waals surface area contributed by atoms with E-state index in [1.54, 1.807) is 0 Å². The average molecular weight is 258 g/mol. The minimum atomic E-state index is -1.04. The summed E-state index contributed by atoms with van der Waals surface area (Å²) in [6.07, 6.45) is 0. The maximum absolute atomic E-state index is 11.5. The molecule has 7 nitrogen and oxygen atoms in total. The highest BCUT2D eigenvalue weighted by molar-refractivity contribution is 5.82. The predicted octanol–water partition coefficient (Wildman–Crippen LogP) is -0.995. The first-order chi connectivity index (χ1) is 8.40. The Hall–Kier alpha value is -1.34. The van der Waals surface area contributed by atoms with E-state index in [9.17, 15) is 9.59 Å². The first-order valence-electron chi connectivity index (χ1n) is 6.06. The summed E-state index contributed by atoms with van der Waals surface area (Å²) in [5, 5.41) is 13.7. The third-order valence-electron chi connectivity index (χ3n) is 3.20. The fraction of sp³-hybridized carbons (Fsp3) is 0.818. The number of hydrogen-bond acceptors (Lipinski definition) is 4. The predicted molar refractivity (Wildman–Crippen MR) is 67.5 cm³/mol. The van der Waals surface area contributed by atoms with Gasteiger partial charge >= 0.3 is 12.0 Å². The van der Waals surface area contributed by atoms with Gasteiger partial charge in [-0.25, -0.2) is 4.79 Å². The zero-order valence-electron chi connectivity index (χ0n) is 11.1. The molecular weight excluding hydrogens is 236 g/mol. The van der Waals surface area contributed by atoms with Crippen LogP contribution >= 0.6 is 0 Å². The third-order valence-corrected chi connectivity index (χ3v) is 3.20. The van der Waals surface area contributed by atoms with Crippen molar-refractivity contribution in [1.29, 1.82) is 0 Å². The average Bonchev–Trinajstić information content (AvgIpc) is 2.30. The van der Waals surface area contributed by atoms with E-state index in [-0.39, 0.29) is 6.04 Å². The van der Waals surface area contributed by atoms with Crippen molar-refractivity contribution in [2.45, 2.75) is 19.0 Å².